The molecule has 11 heteroatoms. The lowest BCUT2D eigenvalue weighted by molar-refractivity contribution is 0.0374. The maximum Gasteiger partial charge on any atom is 0.413 e. The van der Waals surface area contributed by atoms with E-state index in [9.17, 15) is 9.18 Å². The number of carbonyl (C=O) groups excluding carboxylic acids is 1. The monoisotopic (exact) mass is 505 g/mol. The third-order valence-electron chi connectivity index (χ3n) is 6.11. The van der Waals surface area contributed by atoms with Crippen LogP contribution in [0.25, 0.3) is 33.4 Å². The van der Waals surface area contributed by atoms with E-state index in [1.165, 1.54) is 18.3 Å². The van der Waals surface area contributed by atoms with Gasteiger partial charge < -0.3 is 14.5 Å². The molecule has 0 bridgehead atoms. The first-order chi connectivity index (χ1) is 18.1. The molecule has 1 aliphatic rings. The predicted molar refractivity (Wildman–Crippen MR) is 137 cm³/mol. The molecule has 1 fully saturated rings. The number of pyridine rings is 1. The van der Waals surface area contributed by atoms with Crippen molar-refractivity contribution in [2.45, 2.75) is 19.8 Å². The molecule has 1 aliphatic heterocycles. The molecule has 4 heterocycles. The van der Waals surface area contributed by atoms with Crippen molar-refractivity contribution in [2.75, 3.05) is 44.8 Å². The highest BCUT2D eigenvalue weighted by atomic mass is 19.1. The molecular weight excluding hydrogens is 477 g/mol. The number of carbonyl (C=O) groups is 1. The normalized spacial score (nSPS) is 14.1. The Kier molecular flexibility index (Phi) is 7.62. The molecule has 37 heavy (non-hydrogen) atoms. The third-order valence-corrected chi connectivity index (χ3v) is 6.11. The summed E-state index contributed by atoms with van der Waals surface area (Å²) in [6.07, 6.45) is 6.18. The minimum Gasteiger partial charge on any atom is -0.450 e. The second kappa shape index (κ2) is 11.4. The summed E-state index contributed by atoms with van der Waals surface area (Å²) in [5, 5.41) is 2.56. The van der Waals surface area contributed by atoms with Crippen LogP contribution in [0.15, 0.2) is 42.9 Å². The van der Waals surface area contributed by atoms with Crippen LogP contribution in [-0.2, 0) is 15.9 Å². The lowest BCUT2D eigenvalue weighted by atomic mass is 10.0. The number of imidazole rings is 1. The number of H-pyrrole nitrogens is 1. The maximum atomic E-state index is 14.7. The van der Waals surface area contributed by atoms with E-state index in [0.717, 1.165) is 62.6 Å². The molecule has 1 amide bonds. The Morgan fingerprint density at radius 3 is 2.76 bits per heavy atom. The fraction of sp³-hybridized carbons (Fsp3) is 0.346. The highest BCUT2D eigenvalue weighted by Crippen LogP contribution is 2.33. The number of hydrogen-bond acceptors (Lipinski definition) is 8. The van der Waals surface area contributed by atoms with E-state index < -0.39 is 11.9 Å². The van der Waals surface area contributed by atoms with Crippen molar-refractivity contribution in [1.29, 1.82) is 0 Å². The van der Waals surface area contributed by atoms with Gasteiger partial charge in [0.2, 0.25) is 5.95 Å². The van der Waals surface area contributed by atoms with Crippen LogP contribution in [0.5, 0.6) is 0 Å². The molecule has 0 radical (unpaired) electrons. The van der Waals surface area contributed by atoms with Crippen LogP contribution in [0.2, 0.25) is 0 Å². The van der Waals surface area contributed by atoms with E-state index >= 15 is 0 Å². The summed E-state index contributed by atoms with van der Waals surface area (Å²) in [5.74, 6) is 0.488. The molecule has 1 aromatic carbocycles. The van der Waals surface area contributed by atoms with E-state index in [1.807, 2.05) is 6.07 Å². The van der Waals surface area contributed by atoms with Crippen LogP contribution in [0.4, 0.5) is 15.1 Å². The number of halogens is 1. The number of aryl methyl sites for hydroxylation is 1. The fourth-order valence-corrected chi connectivity index (χ4v) is 4.29. The van der Waals surface area contributed by atoms with Gasteiger partial charge in [-0.25, -0.2) is 24.1 Å². The zero-order valence-electron chi connectivity index (χ0n) is 20.5. The molecule has 5 rings (SSSR count). The number of benzene rings is 1. The average Bonchev–Trinajstić information content (AvgIpc) is 3.32. The molecule has 0 unspecified atom stereocenters. The summed E-state index contributed by atoms with van der Waals surface area (Å²) in [6.45, 7) is 6.44. The Labute approximate surface area is 213 Å². The van der Waals surface area contributed by atoms with Crippen molar-refractivity contribution >= 4 is 23.1 Å². The molecule has 0 saturated carbocycles. The third kappa shape index (κ3) is 5.89. The van der Waals surface area contributed by atoms with Gasteiger partial charge in [0.1, 0.15) is 22.9 Å². The minimum absolute atomic E-state index is 0.157. The molecule has 1 saturated heterocycles. The van der Waals surface area contributed by atoms with Crippen LogP contribution in [0, 0.1) is 5.82 Å². The molecule has 0 aliphatic carbocycles. The van der Waals surface area contributed by atoms with Gasteiger partial charge in [-0.05, 0) is 49.7 Å². The summed E-state index contributed by atoms with van der Waals surface area (Å²) in [4.78, 5) is 35.2. The number of anilines is 1. The number of amides is 1. The molecule has 3 aromatic heterocycles. The molecule has 2 N–H and O–H groups in total. The maximum absolute atomic E-state index is 14.7. The van der Waals surface area contributed by atoms with Gasteiger partial charge in [0.05, 0.1) is 25.3 Å². The number of fused-ring (bicyclic) bond motifs is 1. The summed E-state index contributed by atoms with van der Waals surface area (Å²) in [7, 11) is 0. The molecule has 192 valence electrons. The van der Waals surface area contributed by atoms with Gasteiger partial charge in [-0.1, -0.05) is 0 Å². The van der Waals surface area contributed by atoms with Crippen LogP contribution in [0.1, 0.15) is 19.2 Å². The van der Waals surface area contributed by atoms with Crippen LogP contribution in [0.3, 0.4) is 0 Å². The van der Waals surface area contributed by atoms with E-state index in [1.54, 1.807) is 25.4 Å². The molecule has 10 nitrogen and oxygen atoms in total. The van der Waals surface area contributed by atoms with Crippen molar-refractivity contribution in [2.24, 2.45) is 0 Å². The Bertz CT molecular complexity index is 1370. The summed E-state index contributed by atoms with van der Waals surface area (Å²) in [5.41, 5.74) is 3.23. The number of rotatable bonds is 8. The van der Waals surface area contributed by atoms with Crippen molar-refractivity contribution in [1.82, 2.24) is 29.8 Å². The molecule has 4 aromatic rings. The highest BCUT2D eigenvalue weighted by molar-refractivity contribution is 5.97. The Hall–Kier alpha value is -3.96. The van der Waals surface area contributed by atoms with E-state index in [2.05, 4.69) is 35.1 Å². The molecular formula is C26H28FN7O3. The quantitative estimate of drug-likeness (QED) is 0.368. The summed E-state index contributed by atoms with van der Waals surface area (Å²) >= 11 is 0. The number of hydrogen-bond donors (Lipinski definition) is 2. The zero-order valence-corrected chi connectivity index (χ0v) is 20.5. The lowest BCUT2D eigenvalue weighted by Gasteiger charge is -2.26. The number of morpholine rings is 1. The first-order valence-corrected chi connectivity index (χ1v) is 12.3. The van der Waals surface area contributed by atoms with Gasteiger partial charge in [0.25, 0.3) is 0 Å². The first kappa shape index (κ1) is 24.7. The van der Waals surface area contributed by atoms with Gasteiger partial charge in [-0.2, -0.15) is 0 Å². The fourth-order valence-electron chi connectivity index (χ4n) is 4.29. The zero-order chi connectivity index (χ0) is 25.6. The second-order valence-corrected chi connectivity index (χ2v) is 8.63. The Morgan fingerprint density at radius 1 is 1.19 bits per heavy atom. The van der Waals surface area contributed by atoms with Crippen LogP contribution in [-0.4, -0.2) is 75.4 Å². The average molecular weight is 506 g/mol. The second-order valence-electron chi connectivity index (χ2n) is 8.63. The Balaban J connectivity index is 1.41. The highest BCUT2D eigenvalue weighted by Gasteiger charge is 2.18. The van der Waals surface area contributed by atoms with Crippen LogP contribution < -0.4 is 5.32 Å². The first-order valence-electron chi connectivity index (χ1n) is 12.3. The van der Waals surface area contributed by atoms with Crippen molar-refractivity contribution in [3.63, 3.8) is 0 Å². The lowest BCUT2D eigenvalue weighted by Crippen LogP contribution is -2.37. The smallest absolute Gasteiger partial charge is 0.413 e. The topological polar surface area (TPSA) is 118 Å². The summed E-state index contributed by atoms with van der Waals surface area (Å²) < 4.78 is 25.1. The number of nitrogens with one attached hydrogen (secondary N) is 2. The molecule has 0 spiro atoms. The van der Waals surface area contributed by atoms with E-state index in [4.69, 9.17) is 9.47 Å². The van der Waals surface area contributed by atoms with Crippen LogP contribution >= 0.6 is 0 Å². The predicted octanol–water partition coefficient (Wildman–Crippen LogP) is 4.05. The van der Waals surface area contributed by atoms with Crippen molar-refractivity contribution < 1.29 is 18.7 Å². The van der Waals surface area contributed by atoms with Gasteiger partial charge in [-0.3, -0.25) is 15.2 Å². The van der Waals surface area contributed by atoms with Crippen molar-refractivity contribution in [3.05, 3.63) is 54.5 Å². The Morgan fingerprint density at radius 2 is 2.00 bits per heavy atom. The number of aromatic amines is 1. The number of ether oxygens (including phenoxy) is 2. The van der Waals surface area contributed by atoms with Gasteiger partial charge in [0.15, 0.2) is 0 Å². The molecule has 0 atom stereocenters. The van der Waals surface area contributed by atoms with E-state index in [0.29, 0.717) is 16.6 Å². The largest absolute Gasteiger partial charge is 0.450 e. The standard InChI is InChI=1S/C26H28FN7O3/c1-2-37-26(35)33-25-31-21-14-17(13-19(24(21)32-25)23-20(27)5-3-7-28-23)18-15-29-22(30-16-18)6-4-8-34-9-11-36-12-10-34/h3,5,7,13-16H,2,4,6,8-12H2,1H3,(H2,31,32,33,35). The van der Waals surface area contributed by atoms with Gasteiger partial charge in [0, 0.05) is 49.2 Å². The van der Waals surface area contributed by atoms with Gasteiger partial charge >= 0.3 is 6.09 Å². The minimum atomic E-state index is -0.634. The van der Waals surface area contributed by atoms with E-state index in [-0.39, 0.29) is 18.2 Å². The van der Waals surface area contributed by atoms with Crippen molar-refractivity contribution in [3.8, 4) is 22.4 Å². The number of nitrogens with zero attached hydrogens (tertiary/aromatic N) is 5. The number of aromatic nitrogens is 5. The SMILES string of the molecule is CCOC(=O)Nc1nc2c(-c3ncccc3F)cc(-c3cnc(CCCN4CCOCC4)nc3)cc2[nH]1. The summed E-state index contributed by atoms with van der Waals surface area (Å²) in [6, 6.07) is 6.54. The van der Waals surface area contributed by atoms with Gasteiger partial charge in [-0.15, -0.1) is 0 Å².